The topological polar surface area (TPSA) is 85.5 Å². The Hall–Kier alpha value is 1.75. The standard InChI is InChI=1S/Mo.Ni.3O.W/q+6;;3*-2;. The largest absolute Gasteiger partial charge is 6.00 e. The van der Waals surface area contributed by atoms with Gasteiger partial charge < -0.3 is 16.4 Å². The van der Waals surface area contributed by atoms with Crippen LogP contribution in [-0.4, -0.2) is 0 Å². The van der Waals surface area contributed by atoms with Gasteiger partial charge in [0.1, 0.15) is 0 Å². The van der Waals surface area contributed by atoms with Crippen LogP contribution in [0.2, 0.25) is 0 Å². The summed E-state index contributed by atoms with van der Waals surface area (Å²) in [7, 11) is 0. The van der Waals surface area contributed by atoms with Crippen LogP contribution < -0.4 is 0 Å². The molecule has 0 spiro atoms. The van der Waals surface area contributed by atoms with Crippen LogP contribution in [0.25, 0.3) is 0 Å². The van der Waals surface area contributed by atoms with Gasteiger partial charge in [0, 0.05) is 37.6 Å². The second-order valence-electron chi connectivity index (χ2n) is 0. The van der Waals surface area contributed by atoms with Gasteiger partial charge >= 0.3 is 21.1 Å². The molecule has 0 N–H and O–H groups in total. The Kier molecular flexibility index (Phi) is 1400. The summed E-state index contributed by atoms with van der Waals surface area (Å²) in [5, 5.41) is 0. The van der Waals surface area contributed by atoms with E-state index < -0.39 is 0 Å². The van der Waals surface area contributed by atoms with Crippen LogP contribution in [-0.2, 0) is 75.1 Å². The van der Waals surface area contributed by atoms with Crippen molar-refractivity contribution in [2.24, 2.45) is 0 Å². The van der Waals surface area contributed by atoms with Gasteiger partial charge in [0.25, 0.3) is 0 Å². The van der Waals surface area contributed by atoms with Crippen molar-refractivity contribution < 1.29 is 75.1 Å². The molecule has 0 atom stereocenters. The van der Waals surface area contributed by atoms with E-state index in [-0.39, 0.29) is 75.1 Å². The Morgan fingerprint density at radius 3 is 0.667 bits per heavy atom. The summed E-state index contributed by atoms with van der Waals surface area (Å²) in [6.07, 6.45) is 0. The summed E-state index contributed by atoms with van der Waals surface area (Å²) in [6, 6.07) is 0. The van der Waals surface area contributed by atoms with Crippen LogP contribution in [0.1, 0.15) is 0 Å². The molecule has 0 aliphatic carbocycles. The predicted octanol–water partition coefficient (Wildman–Crippen LogP) is -0.364. The zero-order chi connectivity index (χ0) is 0. The number of hydrogen-bond donors (Lipinski definition) is 0. The van der Waals surface area contributed by atoms with E-state index in [1.165, 1.54) is 0 Å². The van der Waals surface area contributed by atoms with Gasteiger partial charge in [-0.1, -0.05) is 0 Å². The zero-order valence-electron chi connectivity index (χ0n) is 2.36. The van der Waals surface area contributed by atoms with E-state index >= 15 is 0 Å². The molecule has 0 aromatic rings. The normalized spacial score (nSPS) is 0. The van der Waals surface area contributed by atoms with Gasteiger partial charge in [-0.2, -0.15) is 0 Å². The third kappa shape index (κ3) is 42.4. The minimum Gasteiger partial charge on any atom is -2.00 e. The maximum absolute atomic E-state index is 0. The Labute approximate surface area is 74.6 Å². The van der Waals surface area contributed by atoms with E-state index in [4.69, 9.17) is 0 Å². The average Bonchev–Trinajstić information content (AvgIpc) is 0. The van der Waals surface area contributed by atoms with Crippen LogP contribution in [0.3, 0.4) is 0 Å². The first kappa shape index (κ1) is 115. The summed E-state index contributed by atoms with van der Waals surface area (Å²) >= 11 is 0. The van der Waals surface area contributed by atoms with E-state index in [1.807, 2.05) is 0 Å². The molecule has 0 unspecified atom stereocenters. The van der Waals surface area contributed by atoms with Crippen molar-refractivity contribution in [1.29, 1.82) is 0 Å². The molecule has 40 valence electrons. The molecule has 0 heterocycles. The van der Waals surface area contributed by atoms with E-state index in [1.54, 1.807) is 0 Å². The van der Waals surface area contributed by atoms with Crippen LogP contribution in [0.5, 0.6) is 0 Å². The third-order valence-corrected chi connectivity index (χ3v) is 0. The quantitative estimate of drug-likeness (QED) is 0.509. The van der Waals surface area contributed by atoms with Crippen LogP contribution in [0.4, 0.5) is 0 Å². The average molecular weight is 386 g/mol. The molecule has 0 bridgehead atoms. The molecule has 0 rings (SSSR count). The second kappa shape index (κ2) is 72.9. The molecule has 0 aromatic carbocycles. The van der Waals surface area contributed by atoms with Crippen LogP contribution in [0, 0.1) is 0 Å². The maximum atomic E-state index is 0. The fourth-order valence-corrected chi connectivity index (χ4v) is 0. The van der Waals surface area contributed by atoms with Crippen molar-refractivity contribution in [3.8, 4) is 0 Å². The first-order chi connectivity index (χ1) is 0. The molecule has 0 saturated carbocycles. The van der Waals surface area contributed by atoms with E-state index in [0.29, 0.717) is 0 Å². The SMILES string of the molecule is [Mo+6].[Ni].[O-2].[O-2].[O-2].[W]. The van der Waals surface area contributed by atoms with Crippen molar-refractivity contribution in [3.05, 3.63) is 0 Å². The van der Waals surface area contributed by atoms with Crippen molar-refractivity contribution >= 4 is 0 Å². The molecule has 6 heteroatoms. The monoisotopic (exact) mass is 388 g/mol. The molecule has 0 saturated heterocycles. The summed E-state index contributed by atoms with van der Waals surface area (Å²) in [5.74, 6) is 0. The maximum Gasteiger partial charge on any atom is 6.00 e. The molecule has 6 heavy (non-hydrogen) atoms. The number of rotatable bonds is 0. The summed E-state index contributed by atoms with van der Waals surface area (Å²) in [4.78, 5) is 0. The Balaban J connectivity index is 0. The Bertz CT molecular complexity index is 10.8. The minimum absolute atomic E-state index is 0. The Morgan fingerprint density at radius 1 is 0.667 bits per heavy atom. The smallest absolute Gasteiger partial charge is 2.00 e. The fraction of sp³-hybridized carbons (Fsp3) is 0. The molecular formula is MoNiO3W. The third-order valence-electron chi connectivity index (χ3n) is 0. The first-order valence-corrected chi connectivity index (χ1v) is 0. The van der Waals surface area contributed by atoms with Gasteiger partial charge in [-0.15, -0.1) is 0 Å². The van der Waals surface area contributed by atoms with Crippen molar-refractivity contribution in [2.75, 3.05) is 0 Å². The first-order valence-electron chi connectivity index (χ1n) is 0. The van der Waals surface area contributed by atoms with Crippen molar-refractivity contribution in [2.45, 2.75) is 0 Å². The van der Waals surface area contributed by atoms with Crippen molar-refractivity contribution in [1.82, 2.24) is 0 Å². The molecule has 0 aliphatic rings. The van der Waals surface area contributed by atoms with E-state index in [2.05, 4.69) is 0 Å². The summed E-state index contributed by atoms with van der Waals surface area (Å²) in [6.45, 7) is 0. The molecule has 0 amide bonds. The molecule has 0 aromatic heterocycles. The molecule has 3 nitrogen and oxygen atoms in total. The molecule has 0 fully saturated rings. The van der Waals surface area contributed by atoms with Crippen LogP contribution >= 0.6 is 0 Å². The van der Waals surface area contributed by atoms with Crippen LogP contribution in [0.15, 0.2) is 0 Å². The van der Waals surface area contributed by atoms with Crippen molar-refractivity contribution in [3.63, 3.8) is 0 Å². The van der Waals surface area contributed by atoms with Gasteiger partial charge in [0.2, 0.25) is 0 Å². The predicted molar refractivity (Wildman–Crippen MR) is 2.06 cm³/mol. The Morgan fingerprint density at radius 2 is 0.667 bits per heavy atom. The van der Waals surface area contributed by atoms with Gasteiger partial charge in [-0.25, -0.2) is 0 Å². The number of hydrogen-bond acceptors (Lipinski definition) is 0. The van der Waals surface area contributed by atoms with Gasteiger partial charge in [-0.3, -0.25) is 0 Å². The van der Waals surface area contributed by atoms with E-state index in [9.17, 15) is 0 Å². The van der Waals surface area contributed by atoms with Gasteiger partial charge in [-0.05, 0) is 0 Å². The fourth-order valence-electron chi connectivity index (χ4n) is 0. The van der Waals surface area contributed by atoms with Gasteiger partial charge in [0.15, 0.2) is 0 Å². The molecule has 0 aliphatic heterocycles. The second-order valence-corrected chi connectivity index (χ2v) is 0. The minimum atomic E-state index is 0. The summed E-state index contributed by atoms with van der Waals surface area (Å²) < 4.78 is 0. The molecular weight excluding hydrogens is 386 g/mol. The molecule has 0 radical (unpaired) electrons. The van der Waals surface area contributed by atoms with E-state index in [0.717, 1.165) is 0 Å². The summed E-state index contributed by atoms with van der Waals surface area (Å²) in [5.41, 5.74) is 0. The van der Waals surface area contributed by atoms with Gasteiger partial charge in [0.05, 0.1) is 0 Å². The zero-order valence-corrected chi connectivity index (χ0v) is 8.29.